The molecule has 1 saturated heterocycles. The summed E-state index contributed by atoms with van der Waals surface area (Å²) in [5.74, 6) is 0.210. The average molecular weight is 359 g/mol. The van der Waals surface area contributed by atoms with E-state index >= 15 is 0 Å². The number of likely N-dealkylation sites (tertiary alicyclic amines) is 1. The predicted molar refractivity (Wildman–Crippen MR) is 97.2 cm³/mol. The summed E-state index contributed by atoms with van der Waals surface area (Å²) in [6.45, 7) is 3.88. The van der Waals surface area contributed by atoms with E-state index in [0.717, 1.165) is 30.5 Å². The number of benzene rings is 1. The number of halogens is 1. The Bertz CT molecular complexity index is 746. The smallest absolute Gasteiger partial charge is 0.224 e. The molecule has 0 N–H and O–H groups in total. The molecular formula is C20H26FN3O2. The maximum Gasteiger partial charge on any atom is 0.224 e. The van der Waals surface area contributed by atoms with Crippen LogP contribution in [0.1, 0.15) is 24.0 Å². The molecule has 26 heavy (non-hydrogen) atoms. The molecule has 1 aromatic heterocycles. The maximum absolute atomic E-state index is 13.4. The Labute approximate surface area is 153 Å². The molecule has 1 aromatic carbocycles. The van der Waals surface area contributed by atoms with Gasteiger partial charge in [0.1, 0.15) is 5.82 Å². The normalized spacial score (nSPS) is 20.3. The second-order valence-corrected chi connectivity index (χ2v) is 7.03. The van der Waals surface area contributed by atoms with Crippen LogP contribution < -0.4 is 0 Å². The highest BCUT2D eigenvalue weighted by atomic mass is 19.1. The predicted octanol–water partition coefficient (Wildman–Crippen LogP) is 2.83. The summed E-state index contributed by atoms with van der Waals surface area (Å²) in [5, 5.41) is 4.22. The second-order valence-electron chi connectivity index (χ2n) is 7.03. The molecule has 0 radical (unpaired) electrons. The number of amides is 1. The van der Waals surface area contributed by atoms with Crippen LogP contribution in [0.2, 0.25) is 0 Å². The first-order valence-electron chi connectivity index (χ1n) is 9.09. The molecule has 1 fully saturated rings. The van der Waals surface area contributed by atoms with Gasteiger partial charge in [0, 0.05) is 39.4 Å². The lowest BCUT2D eigenvalue weighted by molar-refractivity contribution is -0.136. The number of methoxy groups -OCH3 is 1. The van der Waals surface area contributed by atoms with E-state index in [0.29, 0.717) is 25.4 Å². The van der Waals surface area contributed by atoms with Gasteiger partial charge in [0.15, 0.2) is 0 Å². The standard InChI is InChI=1S/C20H26FN3O2/c1-15-12-22-24(13-15)9-7-20(25)23-8-6-17(19(14-23)26-2)10-16-4-3-5-18(21)11-16/h3-5,11-13,17,19H,6-10,14H2,1-2H3/t17-,19+/m1/s1. The van der Waals surface area contributed by atoms with Crippen molar-refractivity contribution in [2.45, 2.75) is 38.8 Å². The van der Waals surface area contributed by atoms with Crippen molar-refractivity contribution in [2.24, 2.45) is 5.92 Å². The summed E-state index contributed by atoms with van der Waals surface area (Å²) in [7, 11) is 1.68. The van der Waals surface area contributed by atoms with Crippen molar-refractivity contribution in [3.8, 4) is 0 Å². The summed E-state index contributed by atoms with van der Waals surface area (Å²) in [6.07, 6.45) is 5.78. The molecule has 0 spiro atoms. The van der Waals surface area contributed by atoms with E-state index in [1.807, 2.05) is 24.1 Å². The summed E-state index contributed by atoms with van der Waals surface area (Å²) in [4.78, 5) is 14.4. The number of hydrogen-bond donors (Lipinski definition) is 0. The molecule has 2 atom stereocenters. The molecule has 2 heterocycles. The quantitative estimate of drug-likeness (QED) is 0.797. The Morgan fingerprint density at radius 2 is 2.27 bits per heavy atom. The SMILES string of the molecule is CO[C@H]1CN(C(=O)CCn2cc(C)cn2)CC[C@@H]1Cc1cccc(F)c1. The van der Waals surface area contributed by atoms with E-state index in [1.54, 1.807) is 30.1 Å². The van der Waals surface area contributed by atoms with Gasteiger partial charge in [-0.1, -0.05) is 12.1 Å². The number of ether oxygens (including phenoxy) is 1. The van der Waals surface area contributed by atoms with E-state index in [-0.39, 0.29) is 17.8 Å². The molecule has 6 heteroatoms. The minimum atomic E-state index is -0.210. The molecule has 3 rings (SSSR count). The van der Waals surface area contributed by atoms with Crippen molar-refractivity contribution >= 4 is 5.91 Å². The molecular weight excluding hydrogens is 333 g/mol. The second kappa shape index (κ2) is 8.45. The molecule has 0 saturated carbocycles. The zero-order chi connectivity index (χ0) is 18.5. The van der Waals surface area contributed by atoms with Crippen molar-refractivity contribution < 1.29 is 13.9 Å². The van der Waals surface area contributed by atoms with Crippen LogP contribution in [0.5, 0.6) is 0 Å². The number of carbonyl (C=O) groups excluding carboxylic acids is 1. The van der Waals surface area contributed by atoms with E-state index in [4.69, 9.17) is 4.74 Å². The lowest BCUT2D eigenvalue weighted by Gasteiger charge is -2.38. The number of carbonyl (C=O) groups is 1. The highest BCUT2D eigenvalue weighted by Crippen LogP contribution is 2.25. The van der Waals surface area contributed by atoms with Gasteiger partial charge in [-0.3, -0.25) is 9.48 Å². The van der Waals surface area contributed by atoms with Crippen molar-refractivity contribution in [1.82, 2.24) is 14.7 Å². The third-order valence-corrected chi connectivity index (χ3v) is 5.06. The van der Waals surface area contributed by atoms with Gasteiger partial charge in [-0.25, -0.2) is 4.39 Å². The fourth-order valence-corrected chi connectivity index (χ4v) is 3.62. The first kappa shape index (κ1) is 18.6. The van der Waals surface area contributed by atoms with Gasteiger partial charge in [0.25, 0.3) is 0 Å². The topological polar surface area (TPSA) is 47.4 Å². The minimum Gasteiger partial charge on any atom is -0.379 e. The Kier molecular flexibility index (Phi) is 6.04. The molecule has 1 amide bonds. The first-order chi connectivity index (χ1) is 12.5. The number of rotatable bonds is 6. The number of aromatic nitrogens is 2. The summed E-state index contributed by atoms with van der Waals surface area (Å²) >= 11 is 0. The van der Waals surface area contributed by atoms with E-state index < -0.39 is 0 Å². The fourth-order valence-electron chi connectivity index (χ4n) is 3.62. The average Bonchev–Trinajstić information content (AvgIpc) is 3.05. The van der Waals surface area contributed by atoms with E-state index in [9.17, 15) is 9.18 Å². The van der Waals surface area contributed by atoms with Crippen LogP contribution in [0.15, 0.2) is 36.7 Å². The van der Waals surface area contributed by atoms with Gasteiger partial charge in [-0.15, -0.1) is 0 Å². The molecule has 2 aromatic rings. The molecule has 5 nitrogen and oxygen atoms in total. The van der Waals surface area contributed by atoms with Crippen LogP contribution in [-0.4, -0.2) is 46.9 Å². The van der Waals surface area contributed by atoms with Crippen LogP contribution in [0.25, 0.3) is 0 Å². The number of hydrogen-bond acceptors (Lipinski definition) is 3. The molecule has 140 valence electrons. The van der Waals surface area contributed by atoms with Crippen molar-refractivity contribution in [2.75, 3.05) is 20.2 Å². The summed E-state index contributed by atoms with van der Waals surface area (Å²) in [6, 6.07) is 6.72. The summed E-state index contributed by atoms with van der Waals surface area (Å²) in [5.41, 5.74) is 2.07. The highest BCUT2D eigenvalue weighted by molar-refractivity contribution is 5.76. The Morgan fingerprint density at radius 1 is 1.42 bits per heavy atom. The molecule has 0 unspecified atom stereocenters. The fraction of sp³-hybridized carbons (Fsp3) is 0.500. The van der Waals surface area contributed by atoms with E-state index in [2.05, 4.69) is 5.10 Å². The molecule has 0 bridgehead atoms. The van der Waals surface area contributed by atoms with Gasteiger partial charge in [-0.2, -0.15) is 5.10 Å². The largest absolute Gasteiger partial charge is 0.379 e. The van der Waals surface area contributed by atoms with Crippen molar-refractivity contribution in [1.29, 1.82) is 0 Å². The van der Waals surface area contributed by atoms with Crippen LogP contribution in [0, 0.1) is 18.7 Å². The number of nitrogens with zero attached hydrogens (tertiary/aromatic N) is 3. The van der Waals surface area contributed by atoms with Crippen LogP contribution >= 0.6 is 0 Å². The minimum absolute atomic E-state index is 0.0251. The molecule has 1 aliphatic heterocycles. The zero-order valence-corrected chi connectivity index (χ0v) is 15.4. The molecule has 0 aliphatic carbocycles. The lowest BCUT2D eigenvalue weighted by atomic mass is 9.87. The zero-order valence-electron chi connectivity index (χ0n) is 15.4. The van der Waals surface area contributed by atoms with E-state index in [1.165, 1.54) is 6.07 Å². The van der Waals surface area contributed by atoms with Gasteiger partial charge in [0.2, 0.25) is 5.91 Å². The third-order valence-electron chi connectivity index (χ3n) is 5.06. The Balaban J connectivity index is 1.54. The number of piperidine rings is 1. The van der Waals surface area contributed by atoms with Gasteiger partial charge >= 0.3 is 0 Å². The first-order valence-corrected chi connectivity index (χ1v) is 9.09. The number of aryl methyl sites for hydroxylation is 2. The van der Waals surface area contributed by atoms with Gasteiger partial charge < -0.3 is 9.64 Å². The van der Waals surface area contributed by atoms with Crippen LogP contribution in [0.4, 0.5) is 4.39 Å². The van der Waals surface area contributed by atoms with Crippen molar-refractivity contribution in [3.05, 3.63) is 53.6 Å². The highest BCUT2D eigenvalue weighted by Gasteiger charge is 2.31. The maximum atomic E-state index is 13.4. The third kappa shape index (κ3) is 4.69. The van der Waals surface area contributed by atoms with Crippen LogP contribution in [-0.2, 0) is 22.5 Å². The Hall–Kier alpha value is -2.21. The van der Waals surface area contributed by atoms with Gasteiger partial charge in [-0.05, 0) is 48.9 Å². The van der Waals surface area contributed by atoms with Gasteiger partial charge in [0.05, 0.1) is 12.3 Å². The molecule has 1 aliphatic rings. The van der Waals surface area contributed by atoms with Crippen LogP contribution in [0.3, 0.4) is 0 Å². The monoisotopic (exact) mass is 359 g/mol. The Morgan fingerprint density at radius 3 is 2.96 bits per heavy atom. The lowest BCUT2D eigenvalue weighted by Crippen LogP contribution is -2.48. The summed E-state index contributed by atoms with van der Waals surface area (Å²) < 4.78 is 20.9. The van der Waals surface area contributed by atoms with Crippen molar-refractivity contribution in [3.63, 3.8) is 0 Å².